The van der Waals surface area contributed by atoms with Gasteiger partial charge in [0.2, 0.25) is 0 Å². The molecule has 2 unspecified atom stereocenters. The Morgan fingerprint density at radius 2 is 2.10 bits per heavy atom. The van der Waals surface area contributed by atoms with Gasteiger partial charge in [-0.05, 0) is 63.6 Å². The predicted molar refractivity (Wildman–Crippen MR) is 119 cm³/mol. The second-order valence-electron chi connectivity index (χ2n) is 7.94. The van der Waals surface area contributed by atoms with Gasteiger partial charge in [-0.3, -0.25) is 9.89 Å². The maximum Gasteiger partial charge on any atom is 0.409 e. The maximum absolute atomic E-state index is 11.7. The van der Waals surface area contributed by atoms with Gasteiger partial charge in [0.25, 0.3) is 0 Å². The van der Waals surface area contributed by atoms with Crippen LogP contribution in [-0.2, 0) is 4.74 Å². The number of piperidine rings is 2. The molecule has 0 spiro atoms. The molecule has 3 rings (SSSR count). The number of nitrogens with zero attached hydrogens (tertiary/aromatic N) is 3. The van der Waals surface area contributed by atoms with Crippen LogP contribution in [-0.4, -0.2) is 74.8 Å². The molecule has 2 aliphatic heterocycles. The molecule has 162 valence electrons. The van der Waals surface area contributed by atoms with Crippen LogP contribution in [0.5, 0.6) is 0 Å². The van der Waals surface area contributed by atoms with Crippen molar-refractivity contribution >= 4 is 23.4 Å². The molecule has 2 N–H and O–H groups in total. The number of guanidine groups is 1. The highest BCUT2D eigenvalue weighted by Gasteiger charge is 2.31. The van der Waals surface area contributed by atoms with Gasteiger partial charge in [0.1, 0.15) is 0 Å². The predicted octanol–water partition coefficient (Wildman–Crippen LogP) is 2.92. The Morgan fingerprint density at radius 3 is 2.76 bits per heavy atom. The lowest BCUT2D eigenvalue weighted by atomic mass is 9.88. The van der Waals surface area contributed by atoms with E-state index in [9.17, 15) is 4.79 Å². The average Bonchev–Trinajstić information content (AvgIpc) is 3.26. The molecule has 0 bridgehead atoms. The summed E-state index contributed by atoms with van der Waals surface area (Å²) in [4.78, 5) is 22.3. The zero-order valence-electron chi connectivity index (χ0n) is 17.9. The molecule has 2 fully saturated rings. The number of thiophene rings is 1. The van der Waals surface area contributed by atoms with E-state index >= 15 is 0 Å². The lowest BCUT2D eigenvalue weighted by molar-refractivity contribution is 0.111. The van der Waals surface area contributed by atoms with E-state index < -0.39 is 0 Å². The third-order valence-electron chi connectivity index (χ3n) is 5.94. The molecule has 1 amide bonds. The first-order valence-electron chi connectivity index (χ1n) is 10.7. The molecule has 1 aromatic heterocycles. The second-order valence-corrected chi connectivity index (χ2v) is 8.92. The fourth-order valence-electron chi connectivity index (χ4n) is 4.42. The third kappa shape index (κ3) is 5.85. The molecule has 8 heteroatoms. The van der Waals surface area contributed by atoms with E-state index in [1.165, 1.54) is 24.8 Å². The van der Waals surface area contributed by atoms with Gasteiger partial charge in [0.15, 0.2) is 5.96 Å². The first-order valence-corrected chi connectivity index (χ1v) is 11.6. The van der Waals surface area contributed by atoms with Crippen LogP contribution in [0.25, 0.3) is 0 Å². The van der Waals surface area contributed by atoms with E-state index in [0.29, 0.717) is 18.0 Å². The van der Waals surface area contributed by atoms with E-state index in [1.807, 2.05) is 11.3 Å². The molecular weight excluding hydrogens is 386 g/mol. The lowest BCUT2D eigenvalue weighted by Crippen LogP contribution is -2.50. The minimum Gasteiger partial charge on any atom is -0.453 e. The Labute approximate surface area is 178 Å². The van der Waals surface area contributed by atoms with Gasteiger partial charge in [0, 0.05) is 43.1 Å². The number of hydrogen-bond donors (Lipinski definition) is 2. The number of ether oxygens (including phenoxy) is 1. The summed E-state index contributed by atoms with van der Waals surface area (Å²) in [5, 5.41) is 9.15. The van der Waals surface area contributed by atoms with Gasteiger partial charge in [-0.2, -0.15) is 0 Å². The smallest absolute Gasteiger partial charge is 0.409 e. The number of hydrogen-bond acceptors (Lipinski definition) is 5. The molecular formula is C21H35N5O2S. The van der Waals surface area contributed by atoms with Crippen molar-refractivity contribution in [2.45, 2.75) is 44.7 Å². The highest BCUT2D eigenvalue weighted by Crippen LogP contribution is 2.37. The van der Waals surface area contributed by atoms with Crippen molar-refractivity contribution in [1.29, 1.82) is 0 Å². The van der Waals surface area contributed by atoms with Gasteiger partial charge < -0.3 is 20.3 Å². The Hall–Kier alpha value is -1.80. The molecule has 3 heterocycles. The van der Waals surface area contributed by atoms with Crippen LogP contribution < -0.4 is 10.6 Å². The molecule has 2 atom stereocenters. The number of carbonyl (C=O) groups excluding carboxylic acids is 1. The fourth-order valence-corrected chi connectivity index (χ4v) is 5.40. The Bertz CT molecular complexity index is 658. The van der Waals surface area contributed by atoms with Crippen LogP contribution in [0.15, 0.2) is 22.5 Å². The minimum atomic E-state index is -0.231. The SMILES string of the molecule is CCNC(=NCC1CCCN(C)C1c1cccs1)NC1CCN(C(=O)OC)CC1. The Kier molecular flexibility index (Phi) is 8.18. The monoisotopic (exact) mass is 421 g/mol. The van der Waals surface area contributed by atoms with Gasteiger partial charge in [-0.1, -0.05) is 6.07 Å². The molecule has 0 saturated carbocycles. The van der Waals surface area contributed by atoms with Crippen molar-refractivity contribution < 1.29 is 9.53 Å². The molecule has 0 aliphatic carbocycles. The Morgan fingerprint density at radius 1 is 1.31 bits per heavy atom. The van der Waals surface area contributed by atoms with E-state index in [0.717, 1.165) is 51.5 Å². The van der Waals surface area contributed by atoms with Gasteiger partial charge in [-0.25, -0.2) is 4.79 Å². The van der Waals surface area contributed by atoms with Crippen LogP contribution in [0, 0.1) is 5.92 Å². The third-order valence-corrected chi connectivity index (χ3v) is 6.88. The van der Waals surface area contributed by atoms with Crippen molar-refractivity contribution in [1.82, 2.24) is 20.4 Å². The number of nitrogens with one attached hydrogen (secondary N) is 2. The number of methoxy groups -OCH3 is 1. The van der Waals surface area contributed by atoms with Crippen LogP contribution in [0.1, 0.15) is 43.5 Å². The standard InChI is InChI=1S/C21H35N5O2S/c1-4-22-20(24-17-9-12-26(13-10-17)21(27)28-3)23-15-16-7-5-11-25(2)19(16)18-8-6-14-29-18/h6,8,14,16-17,19H,4-5,7,9-13,15H2,1-3H3,(H2,22,23,24). The molecule has 1 aromatic rings. The van der Waals surface area contributed by atoms with Crippen LogP contribution >= 0.6 is 11.3 Å². The highest BCUT2D eigenvalue weighted by atomic mass is 32.1. The average molecular weight is 422 g/mol. The number of aliphatic imine (C=N–C) groups is 1. The van der Waals surface area contributed by atoms with Crippen molar-refractivity contribution in [3.8, 4) is 0 Å². The number of likely N-dealkylation sites (tertiary alicyclic amines) is 2. The molecule has 0 aromatic carbocycles. The highest BCUT2D eigenvalue weighted by molar-refractivity contribution is 7.10. The van der Waals surface area contributed by atoms with E-state index in [-0.39, 0.29) is 6.09 Å². The summed E-state index contributed by atoms with van der Waals surface area (Å²) in [6, 6.07) is 5.19. The molecule has 0 radical (unpaired) electrons. The quantitative estimate of drug-likeness (QED) is 0.565. The van der Waals surface area contributed by atoms with E-state index in [4.69, 9.17) is 9.73 Å². The first-order chi connectivity index (χ1) is 14.1. The zero-order valence-corrected chi connectivity index (χ0v) is 18.7. The summed E-state index contributed by atoms with van der Waals surface area (Å²) in [6.45, 7) is 6.35. The molecule has 2 aliphatic rings. The van der Waals surface area contributed by atoms with E-state index in [1.54, 1.807) is 4.90 Å². The van der Waals surface area contributed by atoms with Crippen LogP contribution in [0.4, 0.5) is 4.79 Å². The first kappa shape index (κ1) is 21.9. The summed E-state index contributed by atoms with van der Waals surface area (Å²) < 4.78 is 4.83. The van der Waals surface area contributed by atoms with Crippen molar-refractivity contribution in [2.75, 3.05) is 46.9 Å². The van der Waals surface area contributed by atoms with Gasteiger partial charge in [-0.15, -0.1) is 11.3 Å². The van der Waals surface area contributed by atoms with Crippen molar-refractivity contribution in [3.63, 3.8) is 0 Å². The summed E-state index contributed by atoms with van der Waals surface area (Å²) in [7, 11) is 3.67. The zero-order chi connectivity index (χ0) is 20.6. The number of amides is 1. The molecule has 29 heavy (non-hydrogen) atoms. The van der Waals surface area contributed by atoms with Crippen LogP contribution in [0.2, 0.25) is 0 Å². The summed E-state index contributed by atoms with van der Waals surface area (Å²) in [5.74, 6) is 1.42. The maximum atomic E-state index is 11.7. The minimum absolute atomic E-state index is 0.231. The number of rotatable bonds is 5. The fraction of sp³-hybridized carbons (Fsp3) is 0.714. The Balaban J connectivity index is 1.59. The topological polar surface area (TPSA) is 69.2 Å². The largest absolute Gasteiger partial charge is 0.453 e. The van der Waals surface area contributed by atoms with Gasteiger partial charge >= 0.3 is 6.09 Å². The molecule has 2 saturated heterocycles. The normalized spacial score (nSPS) is 24.4. The summed E-state index contributed by atoms with van der Waals surface area (Å²) in [6.07, 6.45) is 4.03. The van der Waals surface area contributed by atoms with Gasteiger partial charge in [0.05, 0.1) is 7.11 Å². The van der Waals surface area contributed by atoms with Crippen LogP contribution in [0.3, 0.4) is 0 Å². The van der Waals surface area contributed by atoms with Crippen molar-refractivity contribution in [3.05, 3.63) is 22.4 Å². The molecule has 7 nitrogen and oxygen atoms in total. The van der Waals surface area contributed by atoms with Crippen molar-refractivity contribution in [2.24, 2.45) is 10.9 Å². The van der Waals surface area contributed by atoms with E-state index in [2.05, 4.69) is 47.0 Å². The lowest BCUT2D eigenvalue weighted by Gasteiger charge is -2.38. The summed E-state index contributed by atoms with van der Waals surface area (Å²) in [5.41, 5.74) is 0. The number of carbonyl (C=O) groups is 1. The second kappa shape index (κ2) is 10.8. The summed E-state index contributed by atoms with van der Waals surface area (Å²) >= 11 is 1.85.